The lowest BCUT2D eigenvalue weighted by Gasteiger charge is -2.46. The molecule has 2 atom stereocenters. The summed E-state index contributed by atoms with van der Waals surface area (Å²) < 4.78 is 30.8. The maximum absolute atomic E-state index is 14.2. The van der Waals surface area contributed by atoms with Gasteiger partial charge in [-0.25, -0.2) is 9.18 Å². The normalized spacial score (nSPS) is 22.9. The fraction of sp³-hybridized carbons (Fsp3) is 0.600. The smallest absolute Gasteiger partial charge is 0.410 e. The number of halogens is 1. The van der Waals surface area contributed by atoms with Crippen molar-refractivity contribution < 1.29 is 23.4 Å². The minimum Gasteiger partial charge on any atom is -0.495 e. The molecule has 0 N–H and O–H groups in total. The number of nitriles is 1. The Kier molecular flexibility index (Phi) is 5.77. The first-order valence-corrected chi connectivity index (χ1v) is 9.33. The third-order valence-corrected chi connectivity index (χ3v) is 4.93. The number of nitrogens with zero attached hydrogens (tertiary/aromatic N) is 3. The van der Waals surface area contributed by atoms with Gasteiger partial charge in [-0.1, -0.05) is 0 Å². The number of amides is 1. The van der Waals surface area contributed by atoms with E-state index in [1.807, 2.05) is 26.8 Å². The molecule has 2 heterocycles. The first kappa shape index (κ1) is 20.4. The summed E-state index contributed by atoms with van der Waals surface area (Å²) in [6.45, 7) is 8.35. The predicted molar refractivity (Wildman–Crippen MR) is 99.5 cm³/mol. The van der Waals surface area contributed by atoms with Crippen LogP contribution in [0.3, 0.4) is 0 Å². The highest BCUT2D eigenvalue weighted by Gasteiger charge is 2.37. The molecule has 1 aromatic carbocycles. The second-order valence-corrected chi connectivity index (χ2v) is 8.09. The molecule has 0 aromatic heterocycles. The number of rotatable bonds is 2. The van der Waals surface area contributed by atoms with Gasteiger partial charge >= 0.3 is 6.09 Å². The molecule has 2 saturated heterocycles. The highest BCUT2D eigenvalue weighted by Crippen LogP contribution is 2.32. The van der Waals surface area contributed by atoms with Crippen molar-refractivity contribution in [2.75, 3.05) is 39.9 Å². The van der Waals surface area contributed by atoms with Crippen molar-refractivity contribution in [3.63, 3.8) is 0 Å². The molecule has 0 saturated carbocycles. The number of methoxy groups -OCH3 is 1. The highest BCUT2D eigenvalue weighted by molar-refractivity contribution is 5.68. The Bertz CT molecular complexity index is 787. The van der Waals surface area contributed by atoms with Crippen LogP contribution in [0.2, 0.25) is 0 Å². The number of hydrogen-bond donors (Lipinski definition) is 0. The minimum absolute atomic E-state index is 0.0719. The topological polar surface area (TPSA) is 75.0 Å². The first-order valence-electron chi connectivity index (χ1n) is 9.33. The summed E-state index contributed by atoms with van der Waals surface area (Å²) in [7, 11) is 1.41. The van der Waals surface area contributed by atoms with E-state index < -0.39 is 11.4 Å². The average Bonchev–Trinajstić information content (AvgIpc) is 2.65. The molecule has 7 nitrogen and oxygen atoms in total. The van der Waals surface area contributed by atoms with Gasteiger partial charge in [0.2, 0.25) is 0 Å². The molecule has 8 heteroatoms. The molecular formula is C20H26FN3O4. The zero-order chi connectivity index (χ0) is 20.5. The molecule has 0 spiro atoms. The lowest BCUT2D eigenvalue weighted by molar-refractivity contribution is -0.0907. The standard InChI is InChI=1S/C20H26FN3O4/c1-20(2,3)28-19(25)24-6-5-23-11-18(27-12-14(23)10-24)13-7-16(21)15(9-22)17(8-13)26-4/h7-8,14,18H,5-6,10-12H2,1-4H3. The third-order valence-electron chi connectivity index (χ3n) is 4.93. The van der Waals surface area contributed by atoms with E-state index in [4.69, 9.17) is 19.5 Å². The number of piperazine rings is 1. The van der Waals surface area contributed by atoms with Crippen LogP contribution in [0.15, 0.2) is 12.1 Å². The van der Waals surface area contributed by atoms with Gasteiger partial charge in [0, 0.05) is 26.2 Å². The van der Waals surface area contributed by atoms with E-state index in [1.165, 1.54) is 13.2 Å². The molecule has 2 aliphatic rings. The fourth-order valence-electron chi connectivity index (χ4n) is 3.54. The van der Waals surface area contributed by atoms with E-state index in [-0.39, 0.29) is 29.6 Å². The molecule has 1 amide bonds. The second-order valence-electron chi connectivity index (χ2n) is 8.09. The SMILES string of the molecule is COc1cc(C2CN3CCN(C(=O)OC(C)(C)C)CC3CO2)cc(F)c1C#N. The number of morpholine rings is 1. The number of fused-ring (bicyclic) bond motifs is 1. The molecular weight excluding hydrogens is 365 g/mol. The van der Waals surface area contributed by atoms with Gasteiger partial charge in [-0.2, -0.15) is 5.26 Å². The second kappa shape index (κ2) is 7.94. The van der Waals surface area contributed by atoms with Gasteiger partial charge in [0.1, 0.15) is 28.8 Å². The predicted octanol–water partition coefficient (Wildman–Crippen LogP) is 2.70. The van der Waals surface area contributed by atoms with Crippen molar-refractivity contribution >= 4 is 6.09 Å². The Labute approximate surface area is 164 Å². The fourth-order valence-corrected chi connectivity index (χ4v) is 3.54. The maximum atomic E-state index is 14.2. The quantitative estimate of drug-likeness (QED) is 0.772. The Hall–Kier alpha value is -2.37. The molecule has 28 heavy (non-hydrogen) atoms. The van der Waals surface area contributed by atoms with Crippen molar-refractivity contribution in [2.24, 2.45) is 0 Å². The van der Waals surface area contributed by atoms with Crippen LogP contribution in [0, 0.1) is 17.1 Å². The summed E-state index contributed by atoms with van der Waals surface area (Å²) in [6, 6.07) is 4.89. The summed E-state index contributed by atoms with van der Waals surface area (Å²) in [6.07, 6.45) is -0.631. The lowest BCUT2D eigenvalue weighted by atomic mass is 10.0. The van der Waals surface area contributed by atoms with E-state index in [2.05, 4.69) is 4.90 Å². The summed E-state index contributed by atoms with van der Waals surface area (Å²) in [4.78, 5) is 16.3. The number of hydrogen-bond acceptors (Lipinski definition) is 6. The maximum Gasteiger partial charge on any atom is 0.410 e. The van der Waals surface area contributed by atoms with Crippen LogP contribution in [-0.2, 0) is 9.47 Å². The molecule has 3 rings (SSSR count). The minimum atomic E-state index is -0.614. The largest absolute Gasteiger partial charge is 0.495 e. The summed E-state index contributed by atoms with van der Waals surface area (Å²) in [5, 5.41) is 9.07. The molecule has 0 radical (unpaired) electrons. The molecule has 1 aromatic rings. The molecule has 0 bridgehead atoms. The number of ether oxygens (including phenoxy) is 3. The summed E-state index contributed by atoms with van der Waals surface area (Å²) >= 11 is 0. The van der Waals surface area contributed by atoms with Crippen molar-refractivity contribution in [3.05, 3.63) is 29.1 Å². The number of carbonyl (C=O) groups is 1. The molecule has 2 aliphatic heterocycles. The lowest BCUT2D eigenvalue weighted by Crippen LogP contribution is -2.60. The molecule has 2 fully saturated rings. The van der Waals surface area contributed by atoms with Crippen molar-refractivity contribution in [3.8, 4) is 11.8 Å². The van der Waals surface area contributed by atoms with E-state index >= 15 is 0 Å². The number of carbonyl (C=O) groups excluding carboxylic acids is 1. The van der Waals surface area contributed by atoms with Crippen LogP contribution in [0.25, 0.3) is 0 Å². The van der Waals surface area contributed by atoms with Crippen LogP contribution in [0.5, 0.6) is 5.75 Å². The van der Waals surface area contributed by atoms with E-state index in [0.29, 0.717) is 38.3 Å². The Balaban J connectivity index is 1.67. The van der Waals surface area contributed by atoms with Crippen LogP contribution < -0.4 is 4.74 Å². The van der Waals surface area contributed by atoms with E-state index in [0.717, 1.165) is 0 Å². The van der Waals surface area contributed by atoms with Gasteiger partial charge in [-0.3, -0.25) is 4.90 Å². The van der Waals surface area contributed by atoms with Crippen LogP contribution in [0.1, 0.15) is 38.0 Å². The third kappa shape index (κ3) is 4.37. The molecule has 2 unspecified atom stereocenters. The van der Waals surface area contributed by atoms with Gasteiger partial charge < -0.3 is 19.1 Å². The van der Waals surface area contributed by atoms with Crippen molar-refractivity contribution in [1.82, 2.24) is 9.80 Å². The van der Waals surface area contributed by atoms with Gasteiger partial charge in [0.05, 0.1) is 25.9 Å². The van der Waals surface area contributed by atoms with Gasteiger partial charge in [-0.05, 0) is 38.5 Å². The Morgan fingerprint density at radius 1 is 1.32 bits per heavy atom. The Morgan fingerprint density at radius 2 is 2.07 bits per heavy atom. The number of benzene rings is 1. The van der Waals surface area contributed by atoms with Crippen LogP contribution in [-0.4, -0.2) is 67.4 Å². The first-order chi connectivity index (χ1) is 13.2. The van der Waals surface area contributed by atoms with Crippen LogP contribution >= 0.6 is 0 Å². The zero-order valence-electron chi connectivity index (χ0n) is 16.7. The summed E-state index contributed by atoms with van der Waals surface area (Å²) in [5.74, 6) is -0.407. The van der Waals surface area contributed by atoms with E-state index in [9.17, 15) is 9.18 Å². The van der Waals surface area contributed by atoms with Gasteiger partial charge in [0.25, 0.3) is 0 Å². The van der Waals surface area contributed by atoms with Gasteiger partial charge in [-0.15, -0.1) is 0 Å². The monoisotopic (exact) mass is 391 g/mol. The van der Waals surface area contributed by atoms with Crippen LogP contribution in [0.4, 0.5) is 9.18 Å². The summed E-state index contributed by atoms with van der Waals surface area (Å²) in [5.41, 5.74) is 0.00783. The van der Waals surface area contributed by atoms with Gasteiger partial charge in [0.15, 0.2) is 0 Å². The highest BCUT2D eigenvalue weighted by atomic mass is 19.1. The molecule has 0 aliphatic carbocycles. The van der Waals surface area contributed by atoms with E-state index in [1.54, 1.807) is 11.0 Å². The molecule has 152 valence electrons. The van der Waals surface area contributed by atoms with Crippen molar-refractivity contribution in [1.29, 1.82) is 5.26 Å². The average molecular weight is 391 g/mol. The zero-order valence-corrected chi connectivity index (χ0v) is 16.7. The van der Waals surface area contributed by atoms with Crippen molar-refractivity contribution in [2.45, 2.75) is 38.5 Å². The Morgan fingerprint density at radius 3 is 2.71 bits per heavy atom.